The molecule has 2 N–H and O–H groups in total. The number of fused-ring (bicyclic) bond motifs is 2. The average molecular weight is 328 g/mol. The predicted octanol–water partition coefficient (Wildman–Crippen LogP) is 0.650. The molecular formula is C16H20N6O2. The molecule has 8 heteroatoms. The van der Waals surface area contributed by atoms with E-state index in [-0.39, 0.29) is 11.8 Å². The molecule has 24 heavy (non-hydrogen) atoms. The van der Waals surface area contributed by atoms with E-state index in [1.807, 2.05) is 0 Å². The number of nitrogens with one attached hydrogen (secondary N) is 2. The summed E-state index contributed by atoms with van der Waals surface area (Å²) in [5.74, 6) is 0.335. The summed E-state index contributed by atoms with van der Waals surface area (Å²) in [5, 5.41) is 14.2. The van der Waals surface area contributed by atoms with Crippen molar-refractivity contribution in [2.75, 3.05) is 11.9 Å². The van der Waals surface area contributed by atoms with E-state index in [0.717, 1.165) is 42.8 Å². The second kappa shape index (κ2) is 5.77. The molecule has 1 atom stereocenters. The Bertz CT molecular complexity index is 792. The van der Waals surface area contributed by atoms with Crippen LogP contribution in [0.1, 0.15) is 41.0 Å². The Morgan fingerprint density at radius 2 is 2.21 bits per heavy atom. The summed E-state index contributed by atoms with van der Waals surface area (Å²) >= 11 is 0. The van der Waals surface area contributed by atoms with Crippen molar-refractivity contribution >= 4 is 17.6 Å². The molecule has 2 aliphatic rings. The zero-order chi connectivity index (χ0) is 16.7. The van der Waals surface area contributed by atoms with Gasteiger partial charge < -0.3 is 5.32 Å². The van der Waals surface area contributed by atoms with Gasteiger partial charge in [-0.1, -0.05) is 0 Å². The number of carbonyl (C=O) groups excluding carboxylic acids is 2. The third-order valence-electron chi connectivity index (χ3n) is 4.87. The van der Waals surface area contributed by atoms with Gasteiger partial charge in [-0.05, 0) is 32.1 Å². The number of hydrogen-bond donors (Lipinski definition) is 2. The van der Waals surface area contributed by atoms with E-state index >= 15 is 0 Å². The zero-order valence-corrected chi connectivity index (χ0v) is 13.6. The number of amides is 2. The van der Waals surface area contributed by atoms with Gasteiger partial charge in [0.15, 0.2) is 5.69 Å². The van der Waals surface area contributed by atoms with Crippen LogP contribution in [0, 0.1) is 0 Å². The molecule has 2 amide bonds. The number of aryl methyl sites for hydroxylation is 2. The molecule has 2 aromatic rings. The normalized spacial score (nSPS) is 20.3. The Hall–Kier alpha value is -2.64. The van der Waals surface area contributed by atoms with Crippen LogP contribution in [-0.4, -0.2) is 44.9 Å². The van der Waals surface area contributed by atoms with Crippen LogP contribution in [0.15, 0.2) is 12.3 Å². The number of rotatable bonds is 2. The molecule has 0 bridgehead atoms. The highest BCUT2D eigenvalue weighted by atomic mass is 16.2. The van der Waals surface area contributed by atoms with Gasteiger partial charge in [-0.25, -0.2) is 4.68 Å². The maximum atomic E-state index is 12.6. The maximum Gasteiger partial charge on any atom is 0.272 e. The molecule has 1 aliphatic heterocycles. The molecule has 0 aromatic carbocycles. The first-order valence-corrected chi connectivity index (χ1v) is 8.31. The van der Waals surface area contributed by atoms with Gasteiger partial charge in [-0.15, -0.1) is 0 Å². The van der Waals surface area contributed by atoms with Gasteiger partial charge in [0.2, 0.25) is 0 Å². The quantitative estimate of drug-likeness (QED) is 0.846. The first-order valence-electron chi connectivity index (χ1n) is 8.31. The number of nitrogens with zero attached hydrogens (tertiary/aromatic N) is 4. The number of aromatic nitrogens is 4. The molecule has 1 aliphatic carbocycles. The Kier molecular flexibility index (Phi) is 3.59. The second-order valence-electron chi connectivity index (χ2n) is 6.36. The monoisotopic (exact) mass is 328 g/mol. The lowest BCUT2D eigenvalue weighted by Gasteiger charge is -2.20. The van der Waals surface area contributed by atoms with Crippen LogP contribution in [-0.2, 0) is 24.2 Å². The van der Waals surface area contributed by atoms with Crippen molar-refractivity contribution in [3.8, 4) is 0 Å². The fraction of sp³-hybridized carbons (Fsp3) is 0.500. The molecule has 0 fully saturated rings. The van der Waals surface area contributed by atoms with Gasteiger partial charge in [0, 0.05) is 30.9 Å². The van der Waals surface area contributed by atoms with Crippen molar-refractivity contribution in [2.24, 2.45) is 0 Å². The van der Waals surface area contributed by atoms with Crippen molar-refractivity contribution in [1.29, 1.82) is 0 Å². The van der Waals surface area contributed by atoms with Gasteiger partial charge in [-0.3, -0.25) is 19.6 Å². The van der Waals surface area contributed by atoms with E-state index in [2.05, 4.69) is 20.6 Å². The number of likely N-dealkylation sites (N-methyl/N-ethyl adjacent to an activating group) is 1. The van der Waals surface area contributed by atoms with E-state index in [1.54, 1.807) is 28.9 Å². The molecule has 0 saturated heterocycles. The number of carbonyl (C=O) groups is 2. The number of aromatic amines is 1. The first kappa shape index (κ1) is 14.9. The van der Waals surface area contributed by atoms with Crippen LogP contribution >= 0.6 is 0 Å². The lowest BCUT2D eigenvalue weighted by Crippen LogP contribution is -2.47. The highest BCUT2D eigenvalue weighted by Crippen LogP contribution is 2.23. The topological polar surface area (TPSA) is 95.9 Å². The van der Waals surface area contributed by atoms with Crippen LogP contribution in [0.5, 0.6) is 0 Å². The molecule has 0 spiro atoms. The van der Waals surface area contributed by atoms with Crippen molar-refractivity contribution in [1.82, 2.24) is 25.3 Å². The number of H-pyrrole nitrogens is 1. The Labute approximate surface area is 139 Å². The largest absolute Gasteiger partial charge is 0.339 e. The number of hydrogen-bond acceptors (Lipinski definition) is 4. The van der Waals surface area contributed by atoms with Crippen LogP contribution < -0.4 is 10.2 Å². The van der Waals surface area contributed by atoms with E-state index in [4.69, 9.17) is 0 Å². The van der Waals surface area contributed by atoms with Crippen molar-refractivity contribution in [3.63, 3.8) is 0 Å². The van der Waals surface area contributed by atoms with Crippen molar-refractivity contribution < 1.29 is 9.59 Å². The van der Waals surface area contributed by atoms with Gasteiger partial charge in [-0.2, -0.15) is 10.2 Å². The summed E-state index contributed by atoms with van der Waals surface area (Å²) in [6.07, 6.45) is 6.17. The fourth-order valence-electron chi connectivity index (χ4n) is 3.53. The van der Waals surface area contributed by atoms with Crippen molar-refractivity contribution in [3.05, 3.63) is 29.2 Å². The van der Waals surface area contributed by atoms with Gasteiger partial charge in [0.1, 0.15) is 11.9 Å². The van der Waals surface area contributed by atoms with Crippen LogP contribution in [0.2, 0.25) is 0 Å². The predicted molar refractivity (Wildman–Crippen MR) is 86.7 cm³/mol. The molecule has 2 aromatic heterocycles. The third kappa shape index (κ3) is 2.38. The minimum atomic E-state index is -0.569. The Morgan fingerprint density at radius 3 is 3.08 bits per heavy atom. The van der Waals surface area contributed by atoms with Crippen LogP contribution in [0.25, 0.3) is 0 Å². The lowest BCUT2D eigenvalue weighted by atomic mass is 9.95. The van der Waals surface area contributed by atoms with Crippen LogP contribution in [0.4, 0.5) is 5.82 Å². The summed E-state index contributed by atoms with van der Waals surface area (Å²) < 4.78 is 1.78. The van der Waals surface area contributed by atoms with Crippen molar-refractivity contribution in [2.45, 2.75) is 44.7 Å². The number of anilines is 1. The SMILES string of the molecule is CN1C(=O)[C@@H](NC(=O)c2n[nH]c3c2CCCC3)CCn2nccc21. The highest BCUT2D eigenvalue weighted by Gasteiger charge is 2.31. The maximum absolute atomic E-state index is 12.6. The smallest absolute Gasteiger partial charge is 0.272 e. The molecule has 0 radical (unpaired) electrons. The van der Waals surface area contributed by atoms with E-state index in [0.29, 0.717) is 18.7 Å². The average Bonchev–Trinajstić information content (AvgIpc) is 3.21. The summed E-state index contributed by atoms with van der Waals surface area (Å²) in [6.45, 7) is 0.585. The summed E-state index contributed by atoms with van der Waals surface area (Å²) in [4.78, 5) is 26.8. The second-order valence-corrected chi connectivity index (χ2v) is 6.36. The fourth-order valence-corrected chi connectivity index (χ4v) is 3.53. The Morgan fingerprint density at radius 1 is 1.38 bits per heavy atom. The summed E-state index contributed by atoms with van der Waals surface area (Å²) in [6, 6.07) is 1.23. The third-order valence-corrected chi connectivity index (χ3v) is 4.87. The van der Waals surface area contributed by atoms with Gasteiger partial charge in [0.05, 0.1) is 6.20 Å². The Balaban J connectivity index is 1.53. The minimum absolute atomic E-state index is 0.132. The minimum Gasteiger partial charge on any atom is -0.339 e. The molecule has 0 unspecified atom stereocenters. The first-order chi connectivity index (χ1) is 11.6. The van der Waals surface area contributed by atoms with Gasteiger partial charge in [0.25, 0.3) is 11.8 Å². The van der Waals surface area contributed by atoms with E-state index < -0.39 is 6.04 Å². The van der Waals surface area contributed by atoms with E-state index in [9.17, 15) is 9.59 Å². The standard InChI is InChI=1S/C16H20N6O2/c1-21-13-6-8-17-22(13)9-7-12(16(21)24)18-15(23)14-10-4-2-3-5-11(10)19-20-14/h6,8,12H,2-5,7,9H2,1H3,(H,18,23)(H,19,20)/t12-/m0/s1. The molecular weight excluding hydrogens is 308 g/mol. The molecule has 8 nitrogen and oxygen atoms in total. The van der Waals surface area contributed by atoms with Gasteiger partial charge >= 0.3 is 0 Å². The highest BCUT2D eigenvalue weighted by molar-refractivity contribution is 6.01. The molecule has 3 heterocycles. The van der Waals surface area contributed by atoms with E-state index in [1.165, 1.54) is 0 Å². The molecule has 0 saturated carbocycles. The summed E-state index contributed by atoms with van der Waals surface area (Å²) in [7, 11) is 1.71. The summed E-state index contributed by atoms with van der Waals surface area (Å²) in [5.41, 5.74) is 2.49. The molecule has 126 valence electrons. The zero-order valence-electron chi connectivity index (χ0n) is 13.6. The van der Waals surface area contributed by atoms with Crippen LogP contribution in [0.3, 0.4) is 0 Å². The molecule has 4 rings (SSSR count). The lowest BCUT2D eigenvalue weighted by molar-refractivity contribution is -0.120.